The second-order valence-electron chi connectivity index (χ2n) is 3.17. The van der Waals surface area contributed by atoms with E-state index in [0.717, 1.165) is 15.2 Å². The second kappa shape index (κ2) is 4.92. The first-order chi connectivity index (χ1) is 7.08. The molecule has 0 aliphatic carbocycles. The number of halogens is 1. The Kier molecular flexibility index (Phi) is 4.03. The third-order valence-electron chi connectivity index (χ3n) is 2.15. The molecule has 0 aliphatic rings. The van der Waals surface area contributed by atoms with Gasteiger partial charge in [-0.1, -0.05) is 22.0 Å². The molecule has 0 fully saturated rings. The Bertz CT molecular complexity index is 560. The van der Waals surface area contributed by atoms with Crippen molar-refractivity contribution in [2.45, 2.75) is 0 Å². The number of hydrogen-bond donors (Lipinski definition) is 2. The Morgan fingerprint density at radius 1 is 1.19 bits per heavy atom. The largest absolute Gasteiger partial charge is 1.00 e. The first kappa shape index (κ1) is 13.1. The maximum absolute atomic E-state index is 10.8. The molecule has 0 saturated heterocycles. The number of carboxylic acid groups (broad SMARTS) is 1. The molecule has 3 nitrogen and oxygen atoms in total. The molecule has 0 bridgehead atoms. The first-order valence-corrected chi connectivity index (χ1v) is 5.03. The molecule has 2 rings (SSSR count). The standard InChI is InChI=1S/C11H7BrO3.Li.H/c12-8-2-1-6-5-10(13)9(11(14)15)4-7(6)3-8;;/h1-5,13H,(H,14,15);;/q;+1;-1. The van der Waals surface area contributed by atoms with E-state index in [4.69, 9.17) is 5.11 Å². The molecule has 0 unspecified atom stereocenters. The van der Waals surface area contributed by atoms with Gasteiger partial charge in [0.25, 0.3) is 0 Å². The Morgan fingerprint density at radius 2 is 1.88 bits per heavy atom. The second-order valence-corrected chi connectivity index (χ2v) is 4.08. The van der Waals surface area contributed by atoms with Gasteiger partial charge in [-0.3, -0.25) is 0 Å². The van der Waals surface area contributed by atoms with Gasteiger partial charge in [0, 0.05) is 4.47 Å². The molecule has 0 spiro atoms. The van der Waals surface area contributed by atoms with Crippen LogP contribution in [0.15, 0.2) is 34.8 Å². The normalized spacial score (nSPS) is 9.81. The van der Waals surface area contributed by atoms with Crippen LogP contribution in [0.1, 0.15) is 11.8 Å². The van der Waals surface area contributed by atoms with Crippen LogP contribution in [0.25, 0.3) is 10.8 Å². The summed E-state index contributed by atoms with van der Waals surface area (Å²) in [6.07, 6.45) is 0. The van der Waals surface area contributed by atoms with Gasteiger partial charge >= 0.3 is 24.8 Å². The van der Waals surface area contributed by atoms with Crippen LogP contribution in [0.5, 0.6) is 5.75 Å². The number of hydrogen-bond acceptors (Lipinski definition) is 2. The Balaban J connectivity index is 0.00000128. The summed E-state index contributed by atoms with van der Waals surface area (Å²) >= 11 is 3.30. The molecule has 16 heavy (non-hydrogen) atoms. The molecule has 5 heteroatoms. The monoisotopic (exact) mass is 274 g/mol. The van der Waals surface area contributed by atoms with Crippen molar-refractivity contribution in [2.75, 3.05) is 0 Å². The molecule has 0 heterocycles. The van der Waals surface area contributed by atoms with Crippen LogP contribution in [-0.2, 0) is 0 Å². The fourth-order valence-corrected chi connectivity index (χ4v) is 1.81. The molecule has 0 saturated carbocycles. The molecule has 2 N–H and O–H groups in total. The van der Waals surface area contributed by atoms with Crippen LogP contribution >= 0.6 is 15.9 Å². The molecule has 2 aromatic rings. The van der Waals surface area contributed by atoms with Gasteiger partial charge in [-0.2, -0.15) is 0 Å². The van der Waals surface area contributed by atoms with E-state index in [1.807, 2.05) is 12.1 Å². The van der Waals surface area contributed by atoms with E-state index >= 15 is 0 Å². The molecule has 0 aromatic heterocycles. The van der Waals surface area contributed by atoms with Gasteiger partial charge < -0.3 is 11.6 Å². The predicted octanol–water partition coefficient (Wildman–Crippen LogP) is 0.123. The quantitative estimate of drug-likeness (QED) is 0.727. The number of benzene rings is 2. The summed E-state index contributed by atoms with van der Waals surface area (Å²) in [6.45, 7) is 0. The van der Waals surface area contributed by atoms with Crippen LogP contribution in [0.2, 0.25) is 0 Å². The third kappa shape index (κ3) is 2.41. The van der Waals surface area contributed by atoms with Crippen LogP contribution in [-0.4, -0.2) is 16.2 Å². The van der Waals surface area contributed by atoms with E-state index in [-0.39, 0.29) is 31.6 Å². The van der Waals surface area contributed by atoms with Crippen LogP contribution in [0.3, 0.4) is 0 Å². The molecule has 0 atom stereocenters. The van der Waals surface area contributed by atoms with E-state index in [1.54, 1.807) is 6.07 Å². The maximum atomic E-state index is 10.8. The van der Waals surface area contributed by atoms with Crippen molar-refractivity contribution < 1.29 is 35.3 Å². The predicted molar refractivity (Wildman–Crippen MR) is 61.4 cm³/mol. The summed E-state index contributed by atoms with van der Waals surface area (Å²) in [4.78, 5) is 10.8. The zero-order valence-electron chi connectivity index (χ0n) is 9.57. The number of fused-ring (bicyclic) bond motifs is 1. The summed E-state index contributed by atoms with van der Waals surface area (Å²) in [6, 6.07) is 8.36. The minimum Gasteiger partial charge on any atom is -1.00 e. The molecule has 2 aromatic carbocycles. The van der Waals surface area contributed by atoms with Crippen molar-refractivity contribution in [3.63, 3.8) is 0 Å². The van der Waals surface area contributed by atoms with E-state index in [1.165, 1.54) is 12.1 Å². The van der Waals surface area contributed by atoms with Crippen molar-refractivity contribution >= 4 is 32.7 Å². The summed E-state index contributed by atoms with van der Waals surface area (Å²) in [5.74, 6) is -1.34. The average molecular weight is 275 g/mol. The SMILES string of the molecule is O=C(O)c1cc2cc(Br)ccc2cc1O.[H-].[Li+]. The zero-order chi connectivity index (χ0) is 11.0. The summed E-state index contributed by atoms with van der Waals surface area (Å²) in [5.41, 5.74) is -0.0828. The van der Waals surface area contributed by atoms with Crippen molar-refractivity contribution in [1.82, 2.24) is 0 Å². The number of phenols is 1. The maximum Gasteiger partial charge on any atom is 1.00 e. The number of aromatic carboxylic acids is 1. The van der Waals surface area contributed by atoms with E-state index in [9.17, 15) is 9.90 Å². The van der Waals surface area contributed by atoms with E-state index in [0.29, 0.717) is 0 Å². The average Bonchev–Trinajstić information content (AvgIpc) is 2.17. The minimum absolute atomic E-state index is 0. The van der Waals surface area contributed by atoms with Gasteiger partial charge in [0.15, 0.2) is 0 Å². The third-order valence-corrected chi connectivity index (χ3v) is 2.64. The zero-order valence-corrected chi connectivity index (χ0v) is 10.2. The number of rotatable bonds is 1. The molecular formula is C11H8BrLiO3. The van der Waals surface area contributed by atoms with Crippen LogP contribution < -0.4 is 18.9 Å². The fourth-order valence-electron chi connectivity index (χ4n) is 1.43. The van der Waals surface area contributed by atoms with Crippen LogP contribution in [0, 0.1) is 0 Å². The Labute approximate surface area is 114 Å². The minimum atomic E-state index is -1.13. The van der Waals surface area contributed by atoms with Crippen molar-refractivity contribution in [3.05, 3.63) is 40.4 Å². The topological polar surface area (TPSA) is 57.5 Å². The van der Waals surface area contributed by atoms with Crippen molar-refractivity contribution in [3.8, 4) is 5.75 Å². The van der Waals surface area contributed by atoms with Crippen molar-refractivity contribution in [1.29, 1.82) is 0 Å². The fraction of sp³-hybridized carbons (Fsp3) is 0. The molecule has 78 valence electrons. The van der Waals surface area contributed by atoms with Gasteiger partial charge in [0.2, 0.25) is 0 Å². The van der Waals surface area contributed by atoms with Gasteiger partial charge in [0.05, 0.1) is 0 Å². The molecule has 0 amide bonds. The van der Waals surface area contributed by atoms with Gasteiger partial charge in [-0.15, -0.1) is 0 Å². The van der Waals surface area contributed by atoms with E-state index < -0.39 is 5.97 Å². The number of aromatic hydroxyl groups is 1. The first-order valence-electron chi connectivity index (χ1n) is 4.23. The molecular weight excluding hydrogens is 267 g/mol. The summed E-state index contributed by atoms with van der Waals surface area (Å²) in [7, 11) is 0. The summed E-state index contributed by atoms with van der Waals surface area (Å²) < 4.78 is 0.872. The van der Waals surface area contributed by atoms with Gasteiger partial charge in [-0.05, 0) is 35.0 Å². The van der Waals surface area contributed by atoms with Crippen molar-refractivity contribution in [2.24, 2.45) is 0 Å². The molecule has 0 aliphatic heterocycles. The smallest absolute Gasteiger partial charge is 1.00 e. The Hall–Kier alpha value is -0.953. The van der Waals surface area contributed by atoms with Gasteiger partial charge in [0.1, 0.15) is 11.3 Å². The number of carboxylic acids is 1. The van der Waals surface area contributed by atoms with Crippen LogP contribution in [0.4, 0.5) is 0 Å². The Morgan fingerprint density at radius 3 is 2.50 bits per heavy atom. The van der Waals surface area contributed by atoms with Gasteiger partial charge in [-0.25, -0.2) is 4.79 Å². The number of carbonyl (C=O) groups is 1. The molecule has 0 radical (unpaired) electrons. The van der Waals surface area contributed by atoms with E-state index in [2.05, 4.69) is 15.9 Å². The summed E-state index contributed by atoms with van der Waals surface area (Å²) in [5, 5.41) is 19.9.